The van der Waals surface area contributed by atoms with E-state index in [1.807, 2.05) is 0 Å². The molecular weight excluding hydrogens is 246 g/mol. The van der Waals surface area contributed by atoms with Gasteiger partial charge in [0.2, 0.25) is 0 Å². The van der Waals surface area contributed by atoms with Gasteiger partial charge in [-0.2, -0.15) is 0 Å². The van der Waals surface area contributed by atoms with Gasteiger partial charge < -0.3 is 10.1 Å². The summed E-state index contributed by atoms with van der Waals surface area (Å²) in [7, 11) is 2.13. The molecule has 2 aliphatic rings. The maximum Gasteiger partial charge on any atom is 0.122 e. The molecule has 1 aromatic carbocycles. The number of nitrogens with one attached hydrogen (secondary N) is 1. The fourth-order valence-corrected chi connectivity index (χ4v) is 4.05. The molecule has 0 spiro atoms. The second-order valence-corrected chi connectivity index (χ2v) is 6.42. The lowest BCUT2D eigenvalue weighted by atomic mass is 9.78. The van der Waals surface area contributed by atoms with Gasteiger partial charge in [-0.1, -0.05) is 50.3 Å². The number of hydrogen-bond donors (Lipinski definition) is 1. The average Bonchev–Trinajstić information content (AvgIpc) is 2.53. The SMILES string of the molecule is CNC(CC1CCCCC1)C1CCOc2ccccc21. The highest BCUT2D eigenvalue weighted by Gasteiger charge is 2.30. The summed E-state index contributed by atoms with van der Waals surface area (Å²) in [5.41, 5.74) is 1.41. The van der Waals surface area contributed by atoms with Crippen molar-refractivity contribution in [1.29, 1.82) is 0 Å². The van der Waals surface area contributed by atoms with Crippen LogP contribution >= 0.6 is 0 Å². The molecule has 1 aliphatic heterocycles. The molecule has 0 saturated heterocycles. The van der Waals surface area contributed by atoms with Gasteiger partial charge in [0.1, 0.15) is 5.75 Å². The second kappa shape index (κ2) is 6.62. The number of benzene rings is 1. The molecule has 3 rings (SSSR count). The lowest BCUT2D eigenvalue weighted by Crippen LogP contribution is -2.37. The highest BCUT2D eigenvalue weighted by molar-refractivity contribution is 5.38. The third-order valence-electron chi connectivity index (χ3n) is 5.17. The van der Waals surface area contributed by atoms with Crippen LogP contribution in [0.3, 0.4) is 0 Å². The van der Waals surface area contributed by atoms with E-state index >= 15 is 0 Å². The molecule has 1 aliphatic carbocycles. The minimum Gasteiger partial charge on any atom is -0.493 e. The Morgan fingerprint density at radius 2 is 1.95 bits per heavy atom. The molecule has 1 fully saturated rings. The molecule has 2 atom stereocenters. The van der Waals surface area contributed by atoms with E-state index in [9.17, 15) is 0 Å². The van der Waals surface area contributed by atoms with Gasteiger partial charge >= 0.3 is 0 Å². The summed E-state index contributed by atoms with van der Waals surface area (Å²) in [4.78, 5) is 0. The smallest absolute Gasteiger partial charge is 0.122 e. The van der Waals surface area contributed by atoms with E-state index in [2.05, 4.69) is 36.6 Å². The number of rotatable bonds is 4. The van der Waals surface area contributed by atoms with Crippen LogP contribution in [0, 0.1) is 5.92 Å². The van der Waals surface area contributed by atoms with Crippen molar-refractivity contribution in [2.24, 2.45) is 5.92 Å². The highest BCUT2D eigenvalue weighted by Crippen LogP contribution is 2.38. The zero-order chi connectivity index (χ0) is 13.8. The normalized spacial score (nSPS) is 24.8. The van der Waals surface area contributed by atoms with E-state index in [-0.39, 0.29) is 0 Å². The van der Waals surface area contributed by atoms with Crippen LogP contribution in [0.15, 0.2) is 24.3 Å². The number of fused-ring (bicyclic) bond motifs is 1. The van der Waals surface area contributed by atoms with E-state index in [0.717, 1.165) is 24.7 Å². The predicted octanol–water partition coefficient (Wildman–Crippen LogP) is 4.11. The first-order chi connectivity index (χ1) is 9.88. The molecule has 2 heteroatoms. The van der Waals surface area contributed by atoms with Crippen molar-refractivity contribution in [2.45, 2.75) is 56.9 Å². The zero-order valence-electron chi connectivity index (χ0n) is 12.6. The molecule has 20 heavy (non-hydrogen) atoms. The molecule has 1 aromatic rings. The molecule has 2 unspecified atom stereocenters. The van der Waals surface area contributed by atoms with E-state index in [0.29, 0.717) is 12.0 Å². The molecule has 1 saturated carbocycles. The topological polar surface area (TPSA) is 21.3 Å². The van der Waals surface area contributed by atoms with Crippen LogP contribution in [0.4, 0.5) is 0 Å². The minimum atomic E-state index is 0.600. The fraction of sp³-hybridized carbons (Fsp3) is 0.667. The lowest BCUT2D eigenvalue weighted by Gasteiger charge is -2.35. The molecule has 0 amide bonds. The molecule has 0 aromatic heterocycles. The first kappa shape index (κ1) is 13.9. The summed E-state index contributed by atoms with van der Waals surface area (Å²) in [6.45, 7) is 0.866. The monoisotopic (exact) mass is 273 g/mol. The largest absolute Gasteiger partial charge is 0.493 e. The van der Waals surface area contributed by atoms with Crippen LogP contribution in [0.1, 0.15) is 56.4 Å². The Morgan fingerprint density at radius 3 is 2.75 bits per heavy atom. The van der Waals surface area contributed by atoms with Crippen molar-refractivity contribution in [3.63, 3.8) is 0 Å². The Labute approximate surface area is 122 Å². The van der Waals surface area contributed by atoms with Crippen LogP contribution in [0.5, 0.6) is 5.75 Å². The summed E-state index contributed by atoms with van der Waals surface area (Å²) in [5.74, 6) is 2.65. The van der Waals surface area contributed by atoms with Crippen LogP contribution in [-0.2, 0) is 0 Å². The van der Waals surface area contributed by atoms with Crippen molar-refractivity contribution in [3.05, 3.63) is 29.8 Å². The lowest BCUT2D eigenvalue weighted by molar-refractivity contribution is 0.223. The third kappa shape index (κ3) is 3.01. The van der Waals surface area contributed by atoms with E-state index < -0.39 is 0 Å². The van der Waals surface area contributed by atoms with Gasteiger partial charge in [-0.05, 0) is 37.4 Å². The summed E-state index contributed by atoms with van der Waals surface area (Å²) in [5, 5.41) is 3.60. The number of hydrogen-bond acceptors (Lipinski definition) is 2. The van der Waals surface area contributed by atoms with Crippen LogP contribution in [0.25, 0.3) is 0 Å². The Balaban J connectivity index is 1.72. The summed E-state index contributed by atoms with van der Waals surface area (Å²) in [6, 6.07) is 9.20. The Hall–Kier alpha value is -1.02. The summed E-state index contributed by atoms with van der Waals surface area (Å²) < 4.78 is 5.81. The zero-order valence-corrected chi connectivity index (χ0v) is 12.6. The van der Waals surface area contributed by atoms with Crippen LogP contribution in [-0.4, -0.2) is 19.7 Å². The van der Waals surface area contributed by atoms with Gasteiger partial charge in [0.05, 0.1) is 6.61 Å². The van der Waals surface area contributed by atoms with Crippen molar-refractivity contribution < 1.29 is 4.74 Å². The van der Waals surface area contributed by atoms with Crippen molar-refractivity contribution in [1.82, 2.24) is 5.32 Å². The van der Waals surface area contributed by atoms with Gasteiger partial charge in [-0.3, -0.25) is 0 Å². The average molecular weight is 273 g/mol. The quantitative estimate of drug-likeness (QED) is 0.891. The van der Waals surface area contributed by atoms with Gasteiger partial charge in [0, 0.05) is 12.0 Å². The maximum absolute atomic E-state index is 5.81. The van der Waals surface area contributed by atoms with E-state index in [1.54, 1.807) is 0 Å². The predicted molar refractivity (Wildman–Crippen MR) is 83.3 cm³/mol. The van der Waals surface area contributed by atoms with Gasteiger partial charge in [0.25, 0.3) is 0 Å². The second-order valence-electron chi connectivity index (χ2n) is 6.42. The molecule has 1 heterocycles. The fourth-order valence-electron chi connectivity index (χ4n) is 4.05. The van der Waals surface area contributed by atoms with Gasteiger partial charge in [-0.25, -0.2) is 0 Å². The molecule has 0 bridgehead atoms. The molecular formula is C18H27NO. The van der Waals surface area contributed by atoms with Crippen molar-refractivity contribution in [3.8, 4) is 5.75 Å². The van der Waals surface area contributed by atoms with Crippen molar-refractivity contribution in [2.75, 3.05) is 13.7 Å². The first-order valence-electron chi connectivity index (χ1n) is 8.27. The third-order valence-corrected chi connectivity index (χ3v) is 5.17. The Kier molecular flexibility index (Phi) is 4.62. The maximum atomic E-state index is 5.81. The van der Waals surface area contributed by atoms with E-state index in [1.165, 1.54) is 44.1 Å². The Morgan fingerprint density at radius 1 is 1.15 bits per heavy atom. The molecule has 2 nitrogen and oxygen atoms in total. The first-order valence-corrected chi connectivity index (χ1v) is 8.27. The minimum absolute atomic E-state index is 0.600. The molecule has 110 valence electrons. The number of likely N-dealkylation sites (N-methyl/N-ethyl adjacent to an activating group) is 1. The van der Waals surface area contributed by atoms with E-state index in [4.69, 9.17) is 4.74 Å². The summed E-state index contributed by atoms with van der Waals surface area (Å²) in [6.07, 6.45) is 9.66. The number of para-hydroxylation sites is 1. The van der Waals surface area contributed by atoms with Crippen molar-refractivity contribution >= 4 is 0 Å². The standard InChI is InChI=1S/C18H27NO/c1-19-17(13-14-7-3-2-4-8-14)15-11-12-20-18-10-6-5-9-16(15)18/h5-6,9-10,14-15,17,19H,2-4,7-8,11-13H2,1H3. The van der Waals surface area contributed by atoms with Crippen LogP contribution < -0.4 is 10.1 Å². The summed E-state index contributed by atoms with van der Waals surface area (Å²) >= 11 is 0. The molecule has 1 N–H and O–H groups in total. The Bertz CT molecular complexity index is 425. The highest BCUT2D eigenvalue weighted by atomic mass is 16.5. The van der Waals surface area contributed by atoms with Crippen LogP contribution in [0.2, 0.25) is 0 Å². The van der Waals surface area contributed by atoms with Gasteiger partial charge in [-0.15, -0.1) is 0 Å². The number of ether oxygens (including phenoxy) is 1. The van der Waals surface area contributed by atoms with Gasteiger partial charge in [0.15, 0.2) is 0 Å². The molecule has 0 radical (unpaired) electrons.